The van der Waals surface area contributed by atoms with Crippen LogP contribution in [0.25, 0.3) is 44.5 Å². The molecule has 0 saturated heterocycles. The number of carbonyl (C=O) groups excluding carboxylic acids is 1. The van der Waals surface area contributed by atoms with Crippen LogP contribution in [0.3, 0.4) is 0 Å². The molecule has 0 amide bonds. The van der Waals surface area contributed by atoms with Gasteiger partial charge in [0.05, 0.1) is 41.1 Å². The van der Waals surface area contributed by atoms with Crippen molar-refractivity contribution in [2.24, 2.45) is 0 Å². The van der Waals surface area contributed by atoms with Gasteiger partial charge in [0, 0.05) is 6.07 Å². The lowest BCUT2D eigenvalue weighted by Gasteiger charge is -2.15. The molecule has 0 aliphatic carbocycles. The smallest absolute Gasteiger partial charge is 0.338 e. The summed E-state index contributed by atoms with van der Waals surface area (Å²) in [5, 5.41) is 0. The van der Waals surface area contributed by atoms with Crippen LogP contribution in [-0.2, 0) is 18.0 Å². The minimum atomic E-state index is -0.498. The van der Waals surface area contributed by atoms with Gasteiger partial charge in [0.15, 0.2) is 0 Å². The summed E-state index contributed by atoms with van der Waals surface area (Å²) in [4.78, 5) is 12.9. The molecule has 0 fully saturated rings. The van der Waals surface area contributed by atoms with Gasteiger partial charge < -0.3 is 33.2 Å². The van der Waals surface area contributed by atoms with Gasteiger partial charge in [-0.15, -0.1) is 0 Å². The van der Waals surface area contributed by atoms with Gasteiger partial charge in [-0.2, -0.15) is 0 Å². The Balaban J connectivity index is 1.18. The predicted molar refractivity (Wildman–Crippen MR) is 227 cm³/mol. The molecule has 0 aromatic heterocycles. The van der Waals surface area contributed by atoms with E-state index in [1.165, 1.54) is 7.11 Å². The molecule has 0 aliphatic heterocycles. The minimum absolute atomic E-state index is 0.229. The average molecular weight is 773 g/mol. The number of methoxy groups -OCH3 is 5. The van der Waals surface area contributed by atoms with E-state index in [-0.39, 0.29) is 13.2 Å². The summed E-state index contributed by atoms with van der Waals surface area (Å²) >= 11 is 0. The van der Waals surface area contributed by atoms with Crippen LogP contribution < -0.4 is 28.4 Å². The molecule has 0 aliphatic rings. The van der Waals surface area contributed by atoms with E-state index in [4.69, 9.17) is 33.2 Å². The van der Waals surface area contributed by atoms with Crippen molar-refractivity contribution in [3.63, 3.8) is 0 Å². The summed E-state index contributed by atoms with van der Waals surface area (Å²) < 4.78 is 39.5. The van der Waals surface area contributed by atoms with Crippen LogP contribution in [0.5, 0.6) is 34.5 Å². The number of carbonyl (C=O) groups is 1. The first-order valence-electron chi connectivity index (χ1n) is 18.7. The molecular formula is C50H44O8. The van der Waals surface area contributed by atoms with Crippen molar-refractivity contribution in [2.45, 2.75) is 13.2 Å². The first-order chi connectivity index (χ1) is 28.3. The van der Waals surface area contributed by atoms with E-state index in [0.29, 0.717) is 17.1 Å². The van der Waals surface area contributed by atoms with Gasteiger partial charge in [0.1, 0.15) is 47.7 Å². The fourth-order valence-corrected chi connectivity index (χ4v) is 6.66. The van der Waals surface area contributed by atoms with Gasteiger partial charge >= 0.3 is 5.97 Å². The van der Waals surface area contributed by atoms with Gasteiger partial charge in [-0.3, -0.25) is 0 Å². The van der Waals surface area contributed by atoms with Gasteiger partial charge in [-0.25, -0.2) is 4.79 Å². The Morgan fingerprint density at radius 3 is 0.897 bits per heavy atom. The first-order valence-corrected chi connectivity index (χ1v) is 18.7. The third-order valence-corrected chi connectivity index (χ3v) is 9.79. The average Bonchev–Trinajstić information content (AvgIpc) is 3.29. The Kier molecular flexibility index (Phi) is 12.2. The molecule has 7 aromatic carbocycles. The Morgan fingerprint density at radius 2 is 0.638 bits per heavy atom. The molecule has 58 heavy (non-hydrogen) atoms. The highest BCUT2D eigenvalue weighted by Crippen LogP contribution is 2.34. The standard InChI is InChI=1S/C50H44O8/c1-52-44-14-6-35(7-15-44)39-22-33(23-40(26-39)36-8-16-45(53-2)17-9-36)31-57-48-28-43(50(51)56-5)29-49(30-48)58-32-34-24-41(37-10-18-46(54-3)19-11-37)27-42(25-34)38-12-20-47(55-4)21-13-38/h6-30H,31-32H2,1-5H3. The summed E-state index contributed by atoms with van der Waals surface area (Å²) in [6, 6.07) is 49.7. The second-order valence-corrected chi connectivity index (χ2v) is 13.5. The normalized spacial score (nSPS) is 10.7. The first kappa shape index (κ1) is 39.1. The molecule has 0 N–H and O–H groups in total. The number of ether oxygens (including phenoxy) is 7. The Morgan fingerprint density at radius 1 is 0.345 bits per heavy atom. The fourth-order valence-electron chi connectivity index (χ4n) is 6.66. The maximum Gasteiger partial charge on any atom is 0.338 e. The Labute approximate surface area is 339 Å². The molecule has 8 heteroatoms. The Hall–Kier alpha value is -7.19. The van der Waals surface area contributed by atoms with Crippen LogP contribution in [0.2, 0.25) is 0 Å². The largest absolute Gasteiger partial charge is 0.497 e. The third kappa shape index (κ3) is 9.42. The molecular weight excluding hydrogens is 729 g/mol. The minimum Gasteiger partial charge on any atom is -0.497 e. The van der Waals surface area contributed by atoms with Crippen molar-refractivity contribution < 1.29 is 38.0 Å². The zero-order valence-electron chi connectivity index (χ0n) is 33.1. The van der Waals surface area contributed by atoms with E-state index in [2.05, 4.69) is 36.4 Å². The fraction of sp³-hybridized carbons (Fsp3) is 0.140. The maximum absolute atomic E-state index is 12.9. The highest BCUT2D eigenvalue weighted by atomic mass is 16.5. The van der Waals surface area contributed by atoms with Crippen molar-refractivity contribution in [1.29, 1.82) is 0 Å². The summed E-state index contributed by atoms with van der Waals surface area (Å²) in [5.74, 6) is 3.56. The number of hydrogen-bond acceptors (Lipinski definition) is 8. The number of esters is 1. The summed E-state index contributed by atoms with van der Waals surface area (Å²) in [5.41, 5.74) is 10.4. The molecule has 0 atom stereocenters. The summed E-state index contributed by atoms with van der Waals surface area (Å²) in [7, 11) is 7.97. The predicted octanol–water partition coefficient (Wildman–Crippen LogP) is 11.3. The van der Waals surface area contributed by atoms with Crippen LogP contribution in [0, 0.1) is 0 Å². The van der Waals surface area contributed by atoms with Gasteiger partial charge in [-0.1, -0.05) is 48.5 Å². The second-order valence-electron chi connectivity index (χ2n) is 13.5. The monoisotopic (exact) mass is 772 g/mol. The van der Waals surface area contributed by atoms with Gasteiger partial charge in [-0.05, 0) is 153 Å². The van der Waals surface area contributed by atoms with Crippen molar-refractivity contribution in [2.75, 3.05) is 35.5 Å². The highest BCUT2D eigenvalue weighted by molar-refractivity contribution is 5.90. The number of hydrogen-bond donors (Lipinski definition) is 0. The summed E-state index contributed by atoms with van der Waals surface area (Å²) in [6.45, 7) is 0.457. The highest BCUT2D eigenvalue weighted by Gasteiger charge is 2.14. The number of rotatable bonds is 15. The molecule has 0 bridgehead atoms. The van der Waals surface area contributed by atoms with Crippen LogP contribution >= 0.6 is 0 Å². The molecule has 7 aromatic rings. The van der Waals surface area contributed by atoms with Crippen molar-refractivity contribution in [1.82, 2.24) is 0 Å². The lowest BCUT2D eigenvalue weighted by atomic mass is 9.96. The molecule has 0 unspecified atom stereocenters. The molecule has 0 saturated carbocycles. The molecule has 8 nitrogen and oxygen atoms in total. The van der Waals surface area contributed by atoms with Crippen LogP contribution in [-0.4, -0.2) is 41.5 Å². The lowest BCUT2D eigenvalue weighted by molar-refractivity contribution is 0.0599. The molecule has 0 radical (unpaired) electrons. The van der Waals surface area contributed by atoms with Crippen LogP contribution in [0.15, 0.2) is 152 Å². The van der Waals surface area contributed by atoms with E-state index >= 15 is 0 Å². The van der Waals surface area contributed by atoms with Crippen molar-refractivity contribution in [3.8, 4) is 79.0 Å². The van der Waals surface area contributed by atoms with E-state index in [1.54, 1.807) is 46.6 Å². The Bertz CT molecular complexity index is 2180. The number of benzene rings is 7. The topological polar surface area (TPSA) is 81.7 Å². The zero-order valence-corrected chi connectivity index (χ0v) is 33.1. The summed E-state index contributed by atoms with van der Waals surface area (Å²) in [6.07, 6.45) is 0. The molecule has 0 heterocycles. The SMILES string of the molecule is COC(=O)c1cc(OCc2cc(-c3ccc(OC)cc3)cc(-c3ccc(OC)cc3)c2)cc(OCc2cc(-c3ccc(OC)cc3)cc(-c3ccc(OC)cc3)c2)c1. The molecule has 292 valence electrons. The van der Waals surface area contributed by atoms with Gasteiger partial charge in [0.2, 0.25) is 0 Å². The van der Waals surface area contributed by atoms with E-state index in [9.17, 15) is 4.79 Å². The molecule has 0 spiro atoms. The molecule has 7 rings (SSSR count). The van der Waals surface area contributed by atoms with Crippen molar-refractivity contribution >= 4 is 5.97 Å². The quantitative estimate of drug-likeness (QED) is 0.0953. The van der Waals surface area contributed by atoms with Crippen molar-refractivity contribution in [3.05, 3.63) is 168 Å². The maximum atomic E-state index is 12.9. The van der Waals surface area contributed by atoms with Crippen LogP contribution in [0.4, 0.5) is 0 Å². The third-order valence-electron chi connectivity index (χ3n) is 9.79. The van der Waals surface area contributed by atoms with E-state index < -0.39 is 5.97 Å². The van der Waals surface area contributed by atoms with Crippen LogP contribution in [0.1, 0.15) is 21.5 Å². The second kappa shape index (κ2) is 18.2. The van der Waals surface area contributed by atoms with Gasteiger partial charge in [0.25, 0.3) is 0 Å². The van der Waals surface area contributed by atoms with E-state index in [0.717, 1.165) is 78.6 Å². The van der Waals surface area contributed by atoms with E-state index in [1.807, 2.05) is 97.1 Å². The zero-order chi connectivity index (χ0) is 40.4. The lowest BCUT2D eigenvalue weighted by Crippen LogP contribution is -2.05.